The summed E-state index contributed by atoms with van der Waals surface area (Å²) in [5, 5.41) is 88.5. The van der Waals surface area contributed by atoms with Crippen LogP contribution >= 0.6 is 0 Å². The summed E-state index contributed by atoms with van der Waals surface area (Å²) < 4.78 is 21.5. The van der Waals surface area contributed by atoms with E-state index in [0.717, 1.165) is 0 Å². The van der Waals surface area contributed by atoms with Crippen molar-refractivity contribution in [2.45, 2.75) is 93.6 Å². The van der Waals surface area contributed by atoms with Crippen molar-refractivity contribution in [2.75, 3.05) is 13.2 Å². The molecule has 2 saturated heterocycles. The van der Waals surface area contributed by atoms with Crippen LogP contribution in [0, 0.1) is 0 Å². The van der Waals surface area contributed by atoms with Gasteiger partial charge in [-0.1, -0.05) is 0 Å². The second-order valence-corrected chi connectivity index (χ2v) is 7.57. The molecule has 0 saturated carbocycles. The molecule has 0 radical (unpaired) electrons. The molecule has 0 aromatic carbocycles. The highest BCUT2D eigenvalue weighted by molar-refractivity contribution is 4.93. The van der Waals surface area contributed by atoms with E-state index in [4.69, 9.17) is 24.1 Å². The minimum Gasteiger partial charge on any atom is -0.394 e. The Kier molecular flexibility index (Phi) is 9.33. The molecule has 2 rings (SSSR count). The van der Waals surface area contributed by atoms with Crippen LogP contribution in [0.2, 0.25) is 0 Å². The molecule has 178 valence electrons. The van der Waals surface area contributed by atoms with E-state index in [1.54, 1.807) is 0 Å². The van der Waals surface area contributed by atoms with E-state index < -0.39 is 92.9 Å². The minimum atomic E-state index is -1.71. The van der Waals surface area contributed by atoms with Gasteiger partial charge in [0.2, 0.25) is 0 Å². The van der Waals surface area contributed by atoms with Crippen molar-refractivity contribution in [1.82, 2.24) is 0 Å². The van der Waals surface area contributed by atoms with Crippen LogP contribution in [0.15, 0.2) is 0 Å². The van der Waals surface area contributed by atoms with Gasteiger partial charge in [-0.25, -0.2) is 0 Å². The van der Waals surface area contributed by atoms with Crippen molar-refractivity contribution in [3.8, 4) is 0 Å². The number of hydrogen-bond donors (Lipinski definition) is 9. The number of aliphatic hydroxyl groups is 9. The first-order valence-electron chi connectivity index (χ1n) is 9.63. The van der Waals surface area contributed by atoms with Gasteiger partial charge in [-0.05, 0) is 13.8 Å². The first-order valence-corrected chi connectivity index (χ1v) is 9.63. The Labute approximate surface area is 172 Å². The Morgan fingerprint density at radius 1 is 0.733 bits per heavy atom. The Bertz CT molecular complexity index is 524. The Morgan fingerprint density at radius 2 is 1.30 bits per heavy atom. The molecule has 0 aromatic heterocycles. The largest absolute Gasteiger partial charge is 0.394 e. The highest BCUT2D eigenvalue weighted by atomic mass is 16.7. The third-order valence-electron chi connectivity index (χ3n) is 5.33. The summed E-state index contributed by atoms with van der Waals surface area (Å²) in [5.74, 6) is 0. The third-order valence-corrected chi connectivity index (χ3v) is 5.33. The lowest BCUT2D eigenvalue weighted by molar-refractivity contribution is -0.361. The van der Waals surface area contributed by atoms with Gasteiger partial charge in [-0.2, -0.15) is 0 Å². The normalized spacial score (nSPS) is 45.7. The van der Waals surface area contributed by atoms with Gasteiger partial charge in [0.25, 0.3) is 0 Å². The van der Waals surface area contributed by atoms with Crippen LogP contribution in [0.4, 0.5) is 0 Å². The lowest BCUT2D eigenvalue weighted by Crippen LogP contribution is -2.64. The van der Waals surface area contributed by atoms with Crippen molar-refractivity contribution < 1.29 is 64.9 Å². The quantitative estimate of drug-likeness (QED) is 0.171. The van der Waals surface area contributed by atoms with E-state index in [0.29, 0.717) is 0 Å². The van der Waals surface area contributed by atoms with E-state index in [1.165, 1.54) is 13.8 Å². The maximum absolute atomic E-state index is 10.6. The standard InChI is InChI=1S/C17H32O13/c1-5-9(21)12(24)13(25)16(27-5)30-15-10(22)6(2)28-17(14(15)26)29-8(4-19)11(23)7(20)3-18/h5-26H,3-4H2,1-2H3/t5-,6-,7+,8-,9-,10-,11+,12+,13+,14+,15+,16-,17-/m0/s1. The minimum absolute atomic E-state index is 0.792. The second kappa shape index (κ2) is 10.9. The molecule has 13 nitrogen and oxygen atoms in total. The molecule has 2 heterocycles. The highest BCUT2D eigenvalue weighted by Gasteiger charge is 2.50. The molecule has 0 aliphatic carbocycles. The van der Waals surface area contributed by atoms with Crippen LogP contribution in [0.25, 0.3) is 0 Å². The van der Waals surface area contributed by atoms with Gasteiger partial charge in [0.1, 0.15) is 54.9 Å². The highest BCUT2D eigenvalue weighted by Crippen LogP contribution is 2.30. The third kappa shape index (κ3) is 5.45. The molecule has 2 fully saturated rings. The fraction of sp³-hybridized carbons (Fsp3) is 1.00. The first kappa shape index (κ1) is 25.7. The number of hydrogen-bond acceptors (Lipinski definition) is 13. The summed E-state index contributed by atoms with van der Waals surface area (Å²) >= 11 is 0. The fourth-order valence-electron chi connectivity index (χ4n) is 3.31. The topological polar surface area (TPSA) is 219 Å². The van der Waals surface area contributed by atoms with E-state index in [9.17, 15) is 40.9 Å². The SMILES string of the molecule is C[C@@H]1O[C@@H](O[C@@H]2[C@@H](O)[C@H](C)O[C@@H](O[C@@H](CO)[C@H](O)[C@H](O)CO)[C@@H]2O)[C@H](O)[C@H](O)[C@H]1O. The molecule has 9 N–H and O–H groups in total. The Morgan fingerprint density at radius 3 is 1.87 bits per heavy atom. The smallest absolute Gasteiger partial charge is 0.187 e. The maximum Gasteiger partial charge on any atom is 0.187 e. The molecule has 0 unspecified atom stereocenters. The molecule has 0 amide bonds. The van der Waals surface area contributed by atoms with Gasteiger partial charge in [0.15, 0.2) is 12.6 Å². The molecule has 0 aromatic rings. The monoisotopic (exact) mass is 444 g/mol. The van der Waals surface area contributed by atoms with Crippen LogP contribution in [-0.4, -0.2) is 139 Å². The Balaban J connectivity index is 2.12. The predicted octanol–water partition coefficient (Wildman–Crippen LogP) is -5.24. The van der Waals surface area contributed by atoms with Gasteiger partial charge >= 0.3 is 0 Å². The second-order valence-electron chi connectivity index (χ2n) is 7.57. The van der Waals surface area contributed by atoms with Crippen LogP contribution in [0.1, 0.15) is 13.8 Å². The summed E-state index contributed by atoms with van der Waals surface area (Å²) in [6.07, 6.45) is -19.0. The Hall–Kier alpha value is -0.520. The lowest BCUT2D eigenvalue weighted by atomic mass is 9.97. The molecule has 2 aliphatic heterocycles. The van der Waals surface area contributed by atoms with Crippen LogP contribution in [0.3, 0.4) is 0 Å². The lowest BCUT2D eigenvalue weighted by Gasteiger charge is -2.46. The van der Waals surface area contributed by atoms with Gasteiger partial charge in [-0.3, -0.25) is 0 Å². The van der Waals surface area contributed by atoms with E-state index in [1.807, 2.05) is 0 Å². The number of rotatable bonds is 8. The molecule has 0 bridgehead atoms. The zero-order chi connectivity index (χ0) is 22.7. The van der Waals surface area contributed by atoms with Crippen molar-refractivity contribution >= 4 is 0 Å². The van der Waals surface area contributed by atoms with Gasteiger partial charge in [-0.15, -0.1) is 0 Å². The average molecular weight is 444 g/mol. The number of aliphatic hydroxyl groups excluding tert-OH is 9. The molecular formula is C17H32O13. The van der Waals surface area contributed by atoms with Crippen molar-refractivity contribution in [3.63, 3.8) is 0 Å². The van der Waals surface area contributed by atoms with Crippen molar-refractivity contribution in [1.29, 1.82) is 0 Å². The predicted molar refractivity (Wildman–Crippen MR) is 94.6 cm³/mol. The molecule has 13 heteroatoms. The molecule has 0 spiro atoms. The molecule has 30 heavy (non-hydrogen) atoms. The van der Waals surface area contributed by atoms with Crippen LogP contribution < -0.4 is 0 Å². The molecular weight excluding hydrogens is 412 g/mol. The van der Waals surface area contributed by atoms with Crippen LogP contribution in [0.5, 0.6) is 0 Å². The average Bonchev–Trinajstić information content (AvgIpc) is 2.73. The van der Waals surface area contributed by atoms with Gasteiger partial charge in [0, 0.05) is 0 Å². The van der Waals surface area contributed by atoms with E-state index >= 15 is 0 Å². The summed E-state index contributed by atoms with van der Waals surface area (Å²) in [6.45, 7) is 1.26. The molecule has 2 aliphatic rings. The summed E-state index contributed by atoms with van der Waals surface area (Å²) in [5.41, 5.74) is 0. The van der Waals surface area contributed by atoms with Crippen LogP contribution in [-0.2, 0) is 18.9 Å². The first-order chi connectivity index (χ1) is 14.0. The zero-order valence-electron chi connectivity index (χ0n) is 16.6. The maximum atomic E-state index is 10.6. The molecule has 13 atom stereocenters. The van der Waals surface area contributed by atoms with Gasteiger partial charge < -0.3 is 64.9 Å². The fourth-order valence-corrected chi connectivity index (χ4v) is 3.31. The van der Waals surface area contributed by atoms with E-state index in [-0.39, 0.29) is 0 Å². The van der Waals surface area contributed by atoms with Crippen molar-refractivity contribution in [3.05, 3.63) is 0 Å². The summed E-state index contributed by atoms with van der Waals surface area (Å²) in [6, 6.07) is 0. The number of ether oxygens (including phenoxy) is 4. The summed E-state index contributed by atoms with van der Waals surface area (Å²) in [7, 11) is 0. The zero-order valence-corrected chi connectivity index (χ0v) is 16.6. The summed E-state index contributed by atoms with van der Waals surface area (Å²) in [4.78, 5) is 0. The van der Waals surface area contributed by atoms with Crippen molar-refractivity contribution in [2.24, 2.45) is 0 Å². The van der Waals surface area contributed by atoms with Gasteiger partial charge in [0.05, 0.1) is 25.4 Å². The van der Waals surface area contributed by atoms with E-state index in [2.05, 4.69) is 0 Å².